The molecule has 0 atom stereocenters. The molecule has 2 aromatic heterocycles. The first-order valence-corrected chi connectivity index (χ1v) is 5.54. The number of aromatic amines is 1. The minimum absolute atomic E-state index is 0.0302. The molecule has 5 nitrogen and oxygen atoms in total. The largest absolute Gasteiger partial charge is 0.384 e. The summed E-state index contributed by atoms with van der Waals surface area (Å²) in [6.45, 7) is 0. The van der Waals surface area contributed by atoms with Crippen LogP contribution in [0.4, 0.5) is 14.6 Å². The van der Waals surface area contributed by atoms with Gasteiger partial charge >= 0.3 is 0 Å². The molecule has 3 aromatic rings. The van der Waals surface area contributed by atoms with Crippen molar-refractivity contribution in [1.29, 1.82) is 0 Å². The SMILES string of the molecule is Nc1cc(Cc2c(F)cccc2F)c2n[nH]nc2n1. The van der Waals surface area contributed by atoms with Gasteiger partial charge in [0.2, 0.25) is 5.65 Å². The van der Waals surface area contributed by atoms with Crippen LogP contribution in [0.15, 0.2) is 24.3 Å². The summed E-state index contributed by atoms with van der Waals surface area (Å²) in [6.07, 6.45) is 0.0360. The van der Waals surface area contributed by atoms with Gasteiger partial charge < -0.3 is 5.73 Å². The molecule has 0 radical (unpaired) electrons. The number of halogens is 2. The first-order chi connectivity index (χ1) is 9.15. The van der Waals surface area contributed by atoms with Crippen molar-refractivity contribution in [2.45, 2.75) is 6.42 Å². The number of hydrogen-bond acceptors (Lipinski definition) is 4. The molecule has 3 N–H and O–H groups in total. The Labute approximate surface area is 106 Å². The van der Waals surface area contributed by atoms with Gasteiger partial charge in [-0.2, -0.15) is 10.3 Å². The van der Waals surface area contributed by atoms with E-state index in [0.29, 0.717) is 16.7 Å². The maximum Gasteiger partial charge on any atom is 0.203 e. The Bertz CT molecular complexity index is 733. The normalized spacial score (nSPS) is 11.1. The first kappa shape index (κ1) is 11.5. The third-order valence-corrected chi connectivity index (χ3v) is 2.82. The predicted octanol–water partition coefficient (Wildman–Crippen LogP) is 1.80. The highest BCUT2D eigenvalue weighted by atomic mass is 19.1. The van der Waals surface area contributed by atoms with E-state index in [9.17, 15) is 8.78 Å². The summed E-state index contributed by atoms with van der Waals surface area (Å²) in [5.74, 6) is -0.979. The van der Waals surface area contributed by atoms with Gasteiger partial charge in [-0.1, -0.05) is 6.07 Å². The lowest BCUT2D eigenvalue weighted by Gasteiger charge is -2.06. The third-order valence-electron chi connectivity index (χ3n) is 2.82. The van der Waals surface area contributed by atoms with E-state index >= 15 is 0 Å². The molecule has 0 spiro atoms. The lowest BCUT2D eigenvalue weighted by Crippen LogP contribution is -2.00. The van der Waals surface area contributed by atoms with Crippen molar-refractivity contribution in [2.24, 2.45) is 0 Å². The molecule has 19 heavy (non-hydrogen) atoms. The van der Waals surface area contributed by atoms with Gasteiger partial charge in [-0.15, -0.1) is 5.10 Å². The van der Waals surface area contributed by atoms with Crippen LogP contribution in [-0.2, 0) is 6.42 Å². The van der Waals surface area contributed by atoms with Crippen molar-refractivity contribution in [3.63, 3.8) is 0 Å². The number of nitrogens with one attached hydrogen (secondary N) is 1. The molecule has 0 amide bonds. The Morgan fingerprint density at radius 2 is 1.89 bits per heavy atom. The van der Waals surface area contributed by atoms with Gasteiger partial charge in [0.1, 0.15) is 23.0 Å². The molecular formula is C12H9F2N5. The minimum Gasteiger partial charge on any atom is -0.384 e. The predicted molar refractivity (Wildman–Crippen MR) is 65.3 cm³/mol. The van der Waals surface area contributed by atoms with E-state index in [0.717, 1.165) is 0 Å². The van der Waals surface area contributed by atoms with Crippen LogP contribution in [0.3, 0.4) is 0 Å². The van der Waals surface area contributed by atoms with Crippen molar-refractivity contribution in [2.75, 3.05) is 5.73 Å². The number of anilines is 1. The summed E-state index contributed by atoms with van der Waals surface area (Å²) in [6, 6.07) is 5.28. The quantitative estimate of drug-likeness (QED) is 0.737. The van der Waals surface area contributed by atoms with Crippen LogP contribution < -0.4 is 5.73 Å². The van der Waals surface area contributed by atoms with E-state index in [1.165, 1.54) is 24.3 Å². The van der Waals surface area contributed by atoms with Gasteiger partial charge in [-0.3, -0.25) is 0 Å². The van der Waals surface area contributed by atoms with Crippen LogP contribution in [-0.4, -0.2) is 20.4 Å². The fraction of sp³-hybridized carbons (Fsp3) is 0.0833. The van der Waals surface area contributed by atoms with E-state index in [2.05, 4.69) is 20.4 Å². The maximum absolute atomic E-state index is 13.6. The molecule has 0 bridgehead atoms. The average molecular weight is 261 g/mol. The summed E-state index contributed by atoms with van der Waals surface area (Å²) >= 11 is 0. The van der Waals surface area contributed by atoms with E-state index in [1.807, 2.05) is 0 Å². The lowest BCUT2D eigenvalue weighted by molar-refractivity contribution is 0.561. The van der Waals surface area contributed by atoms with Crippen molar-refractivity contribution in [3.8, 4) is 0 Å². The molecule has 0 saturated carbocycles. The second-order valence-corrected chi connectivity index (χ2v) is 4.08. The molecule has 0 aliphatic rings. The molecule has 1 aromatic carbocycles. The second kappa shape index (κ2) is 4.27. The average Bonchev–Trinajstić information content (AvgIpc) is 2.81. The molecule has 0 unspecified atom stereocenters. The smallest absolute Gasteiger partial charge is 0.203 e. The zero-order chi connectivity index (χ0) is 13.4. The van der Waals surface area contributed by atoms with Crippen LogP contribution in [0.2, 0.25) is 0 Å². The molecule has 7 heteroatoms. The van der Waals surface area contributed by atoms with Crippen LogP contribution in [0.1, 0.15) is 11.1 Å². The van der Waals surface area contributed by atoms with E-state index in [1.54, 1.807) is 0 Å². The topological polar surface area (TPSA) is 80.5 Å². The van der Waals surface area contributed by atoms with E-state index < -0.39 is 11.6 Å². The van der Waals surface area contributed by atoms with Crippen molar-refractivity contribution in [1.82, 2.24) is 20.4 Å². The van der Waals surface area contributed by atoms with Gasteiger partial charge in [0, 0.05) is 12.0 Å². The number of fused-ring (bicyclic) bond motifs is 1. The molecule has 0 fully saturated rings. The number of rotatable bonds is 2. The van der Waals surface area contributed by atoms with Crippen LogP contribution in [0.5, 0.6) is 0 Å². The maximum atomic E-state index is 13.6. The molecule has 0 aliphatic carbocycles. The Morgan fingerprint density at radius 1 is 1.16 bits per heavy atom. The van der Waals surface area contributed by atoms with E-state index in [-0.39, 0.29) is 17.8 Å². The zero-order valence-electron chi connectivity index (χ0n) is 9.69. The van der Waals surface area contributed by atoms with Gasteiger partial charge in [0.25, 0.3) is 0 Å². The fourth-order valence-corrected chi connectivity index (χ4v) is 1.95. The summed E-state index contributed by atoms with van der Waals surface area (Å²) in [4.78, 5) is 3.97. The lowest BCUT2D eigenvalue weighted by atomic mass is 10.0. The highest BCUT2D eigenvalue weighted by Crippen LogP contribution is 2.22. The van der Waals surface area contributed by atoms with Crippen molar-refractivity contribution in [3.05, 3.63) is 47.0 Å². The molecule has 0 aliphatic heterocycles. The van der Waals surface area contributed by atoms with E-state index in [4.69, 9.17) is 5.73 Å². The number of nitrogens with zero attached hydrogens (tertiary/aromatic N) is 3. The Hall–Kier alpha value is -2.57. The number of hydrogen-bond donors (Lipinski definition) is 2. The van der Waals surface area contributed by atoms with Gasteiger partial charge in [-0.25, -0.2) is 13.8 Å². The third kappa shape index (κ3) is 1.99. The van der Waals surface area contributed by atoms with Gasteiger partial charge in [0.05, 0.1) is 0 Å². The van der Waals surface area contributed by atoms with Crippen LogP contribution in [0, 0.1) is 11.6 Å². The summed E-state index contributed by atoms with van der Waals surface area (Å²) < 4.78 is 27.3. The van der Waals surface area contributed by atoms with Crippen molar-refractivity contribution >= 4 is 17.0 Å². The number of pyridine rings is 1. The first-order valence-electron chi connectivity index (χ1n) is 5.54. The second-order valence-electron chi connectivity index (χ2n) is 4.08. The Balaban J connectivity index is 2.13. The standard InChI is InChI=1S/C12H9F2N5/c13-8-2-1-3-9(14)7(8)4-6-5-10(15)16-12-11(6)17-19-18-12/h1-3,5H,4H2,(H3,15,16,17,18,19). The Morgan fingerprint density at radius 3 is 2.63 bits per heavy atom. The summed E-state index contributed by atoms with van der Waals surface area (Å²) in [7, 11) is 0. The molecule has 0 saturated heterocycles. The fourth-order valence-electron chi connectivity index (χ4n) is 1.95. The number of H-pyrrole nitrogens is 1. The highest BCUT2D eigenvalue weighted by molar-refractivity contribution is 5.76. The van der Waals surface area contributed by atoms with Crippen LogP contribution >= 0.6 is 0 Å². The van der Waals surface area contributed by atoms with Gasteiger partial charge in [0.15, 0.2) is 0 Å². The number of nitrogens with two attached hydrogens (primary N) is 1. The summed E-state index contributed by atoms with van der Waals surface area (Å²) in [5.41, 5.74) is 6.95. The molecular weight excluding hydrogens is 252 g/mol. The molecule has 3 rings (SSSR count). The number of nitrogen functional groups attached to an aromatic ring is 1. The zero-order valence-corrected chi connectivity index (χ0v) is 9.69. The molecule has 2 heterocycles. The molecule has 96 valence electrons. The van der Waals surface area contributed by atoms with Crippen LogP contribution in [0.25, 0.3) is 11.2 Å². The monoisotopic (exact) mass is 261 g/mol. The number of aromatic nitrogens is 4. The summed E-state index contributed by atoms with van der Waals surface area (Å²) in [5, 5.41) is 10.1. The number of benzene rings is 1. The highest BCUT2D eigenvalue weighted by Gasteiger charge is 2.14. The Kier molecular flexibility index (Phi) is 2.59. The van der Waals surface area contributed by atoms with Gasteiger partial charge in [-0.05, 0) is 23.8 Å². The van der Waals surface area contributed by atoms with Crippen molar-refractivity contribution < 1.29 is 8.78 Å². The minimum atomic E-state index is -0.605.